The number of aromatic nitrogens is 3. The highest BCUT2D eigenvalue weighted by molar-refractivity contribution is 5.85. The Labute approximate surface area is 172 Å². The first-order valence-corrected chi connectivity index (χ1v) is 9.80. The first-order chi connectivity index (χ1) is 14.6. The lowest BCUT2D eigenvalue weighted by molar-refractivity contribution is -0.385. The minimum atomic E-state index is -0.444. The molecule has 8 heteroatoms. The molecule has 1 aliphatic rings. The van der Waals surface area contributed by atoms with E-state index in [0.29, 0.717) is 6.54 Å². The zero-order valence-corrected chi connectivity index (χ0v) is 16.5. The van der Waals surface area contributed by atoms with Gasteiger partial charge in [-0.2, -0.15) is 5.10 Å². The molecule has 0 aliphatic carbocycles. The summed E-state index contributed by atoms with van der Waals surface area (Å²) in [5.74, 6) is 0.726. The Kier molecular flexibility index (Phi) is 4.48. The molecule has 0 radical (unpaired) electrons. The van der Waals surface area contributed by atoms with Gasteiger partial charge < -0.3 is 15.0 Å². The molecule has 2 N–H and O–H groups in total. The third-order valence-electron chi connectivity index (χ3n) is 5.66. The molecule has 152 valence electrons. The van der Waals surface area contributed by atoms with Crippen LogP contribution in [0, 0.1) is 10.1 Å². The number of methoxy groups -OCH3 is 1. The number of hydrogen-bond acceptors (Lipinski definition) is 5. The predicted molar refractivity (Wildman–Crippen MR) is 113 cm³/mol. The Morgan fingerprint density at radius 2 is 2.17 bits per heavy atom. The summed E-state index contributed by atoms with van der Waals surface area (Å²) in [6.07, 6.45) is 3.67. The number of fused-ring (bicyclic) bond motifs is 3. The van der Waals surface area contributed by atoms with Crippen LogP contribution in [-0.4, -0.2) is 33.3 Å². The molecule has 2 aromatic heterocycles. The van der Waals surface area contributed by atoms with Gasteiger partial charge in [0.05, 0.1) is 24.6 Å². The van der Waals surface area contributed by atoms with Crippen molar-refractivity contribution in [2.24, 2.45) is 0 Å². The van der Waals surface area contributed by atoms with Gasteiger partial charge in [-0.05, 0) is 35.7 Å². The maximum Gasteiger partial charge on any atom is 0.307 e. The lowest BCUT2D eigenvalue weighted by Gasteiger charge is -2.25. The number of nitrogens with zero attached hydrogens (tertiary/aromatic N) is 3. The van der Waals surface area contributed by atoms with Crippen molar-refractivity contribution in [1.29, 1.82) is 0 Å². The van der Waals surface area contributed by atoms with Crippen LogP contribution >= 0.6 is 0 Å². The fraction of sp³-hybridized carbons (Fsp3) is 0.227. The number of hydrogen-bond donors (Lipinski definition) is 2. The van der Waals surface area contributed by atoms with E-state index in [0.717, 1.165) is 35.4 Å². The van der Waals surface area contributed by atoms with Crippen LogP contribution in [-0.2, 0) is 13.0 Å². The Bertz CT molecular complexity index is 1240. The molecule has 1 aliphatic heterocycles. The normalized spacial score (nSPS) is 15.8. The third-order valence-corrected chi connectivity index (χ3v) is 5.66. The topological polar surface area (TPSA) is 98.0 Å². The molecule has 0 fully saturated rings. The summed E-state index contributed by atoms with van der Waals surface area (Å²) in [4.78, 5) is 14.1. The highest BCUT2D eigenvalue weighted by Gasteiger charge is 2.25. The molecule has 0 spiro atoms. The SMILES string of the molecule is COc1ccc([C@@H]2NCCc3c2[nH]c2ccccc32)cc1Cn1cc([N+](=O)[O-])cn1. The van der Waals surface area contributed by atoms with Crippen molar-refractivity contribution >= 4 is 16.6 Å². The van der Waals surface area contributed by atoms with Crippen molar-refractivity contribution in [3.63, 3.8) is 0 Å². The van der Waals surface area contributed by atoms with E-state index in [2.05, 4.69) is 45.7 Å². The maximum absolute atomic E-state index is 11.0. The van der Waals surface area contributed by atoms with Crippen LogP contribution in [0.3, 0.4) is 0 Å². The van der Waals surface area contributed by atoms with Crippen molar-refractivity contribution in [3.05, 3.63) is 87.4 Å². The highest BCUT2D eigenvalue weighted by Crippen LogP contribution is 2.35. The van der Waals surface area contributed by atoms with E-state index < -0.39 is 4.92 Å². The summed E-state index contributed by atoms with van der Waals surface area (Å²) in [6.45, 7) is 1.28. The highest BCUT2D eigenvalue weighted by atomic mass is 16.6. The number of rotatable bonds is 5. The summed E-state index contributed by atoms with van der Waals surface area (Å²) in [6, 6.07) is 14.5. The van der Waals surface area contributed by atoms with Gasteiger partial charge in [0.2, 0.25) is 0 Å². The maximum atomic E-state index is 11.0. The Morgan fingerprint density at radius 1 is 1.30 bits per heavy atom. The molecule has 0 amide bonds. The summed E-state index contributed by atoms with van der Waals surface area (Å²) in [7, 11) is 1.62. The van der Waals surface area contributed by atoms with E-state index >= 15 is 0 Å². The molecule has 5 rings (SSSR count). The molecule has 0 saturated heterocycles. The molecule has 0 unspecified atom stereocenters. The molecule has 30 heavy (non-hydrogen) atoms. The van der Waals surface area contributed by atoms with Gasteiger partial charge in [0.1, 0.15) is 18.1 Å². The lowest BCUT2D eigenvalue weighted by atomic mass is 9.93. The number of ether oxygens (including phenoxy) is 1. The first kappa shape index (κ1) is 18.4. The minimum absolute atomic E-state index is 0.0261. The zero-order chi connectivity index (χ0) is 20.7. The standard InChI is InChI=1S/C22H21N5O3/c1-30-20-7-6-14(10-15(20)12-26-13-16(11-24-26)27(28)29)21-22-18(8-9-23-21)17-4-2-3-5-19(17)25-22/h2-7,10-11,13,21,23,25H,8-9,12H2,1H3/t21-/m0/s1. The average Bonchev–Trinajstić information content (AvgIpc) is 3.38. The molecule has 4 aromatic rings. The fourth-order valence-electron chi connectivity index (χ4n) is 4.27. The van der Waals surface area contributed by atoms with Gasteiger partial charge in [0, 0.05) is 28.7 Å². The van der Waals surface area contributed by atoms with Crippen molar-refractivity contribution in [3.8, 4) is 5.75 Å². The van der Waals surface area contributed by atoms with Crippen LogP contribution in [0.2, 0.25) is 0 Å². The molecule has 0 saturated carbocycles. The Hall–Kier alpha value is -3.65. The smallest absolute Gasteiger partial charge is 0.307 e. The average molecular weight is 403 g/mol. The fourth-order valence-corrected chi connectivity index (χ4v) is 4.27. The van der Waals surface area contributed by atoms with Crippen LogP contribution < -0.4 is 10.1 Å². The largest absolute Gasteiger partial charge is 0.496 e. The van der Waals surface area contributed by atoms with Gasteiger partial charge in [-0.25, -0.2) is 0 Å². The van der Waals surface area contributed by atoms with Gasteiger partial charge in [0.15, 0.2) is 0 Å². The van der Waals surface area contributed by atoms with E-state index in [-0.39, 0.29) is 11.7 Å². The monoisotopic (exact) mass is 403 g/mol. The van der Waals surface area contributed by atoms with E-state index in [4.69, 9.17) is 4.74 Å². The van der Waals surface area contributed by atoms with Gasteiger partial charge in [-0.15, -0.1) is 0 Å². The van der Waals surface area contributed by atoms with E-state index in [1.807, 2.05) is 12.1 Å². The quantitative estimate of drug-likeness (QED) is 0.392. The number of nitro groups is 1. The number of aromatic amines is 1. The van der Waals surface area contributed by atoms with Crippen LogP contribution in [0.25, 0.3) is 10.9 Å². The Morgan fingerprint density at radius 3 is 2.97 bits per heavy atom. The molecule has 1 atom stereocenters. The number of nitrogens with one attached hydrogen (secondary N) is 2. The summed E-state index contributed by atoms with van der Waals surface area (Å²) in [5, 5.41) is 20.0. The second-order valence-corrected chi connectivity index (χ2v) is 7.42. The van der Waals surface area contributed by atoms with Crippen molar-refractivity contribution in [2.45, 2.75) is 19.0 Å². The zero-order valence-electron chi connectivity index (χ0n) is 16.5. The van der Waals surface area contributed by atoms with Crippen LogP contribution in [0.4, 0.5) is 5.69 Å². The molecule has 3 heterocycles. The predicted octanol–water partition coefficient (Wildman–Crippen LogP) is 3.56. The van der Waals surface area contributed by atoms with Gasteiger partial charge in [0.25, 0.3) is 0 Å². The van der Waals surface area contributed by atoms with Gasteiger partial charge in [-0.3, -0.25) is 14.8 Å². The van der Waals surface area contributed by atoms with Crippen molar-refractivity contribution < 1.29 is 9.66 Å². The summed E-state index contributed by atoms with van der Waals surface area (Å²) in [5.41, 5.74) is 5.69. The second-order valence-electron chi connectivity index (χ2n) is 7.42. The Balaban J connectivity index is 1.53. The molecular weight excluding hydrogens is 382 g/mol. The second kappa shape index (κ2) is 7.31. The van der Waals surface area contributed by atoms with Crippen LogP contribution in [0.15, 0.2) is 54.9 Å². The van der Waals surface area contributed by atoms with E-state index in [1.54, 1.807) is 11.8 Å². The molecule has 2 aromatic carbocycles. The lowest BCUT2D eigenvalue weighted by Crippen LogP contribution is -2.30. The van der Waals surface area contributed by atoms with Crippen molar-refractivity contribution in [2.75, 3.05) is 13.7 Å². The molecular formula is C22H21N5O3. The van der Waals surface area contributed by atoms with E-state index in [9.17, 15) is 10.1 Å². The third kappa shape index (κ3) is 3.11. The molecule has 8 nitrogen and oxygen atoms in total. The number of benzene rings is 2. The first-order valence-electron chi connectivity index (χ1n) is 9.80. The van der Waals surface area contributed by atoms with Gasteiger partial charge in [-0.1, -0.05) is 24.3 Å². The summed E-state index contributed by atoms with van der Waals surface area (Å²) >= 11 is 0. The number of H-pyrrole nitrogens is 1. The van der Waals surface area contributed by atoms with Gasteiger partial charge >= 0.3 is 5.69 Å². The van der Waals surface area contributed by atoms with E-state index in [1.165, 1.54) is 29.0 Å². The molecule has 0 bridgehead atoms. The van der Waals surface area contributed by atoms with Crippen LogP contribution in [0.5, 0.6) is 5.75 Å². The number of para-hydroxylation sites is 1. The van der Waals surface area contributed by atoms with Crippen molar-refractivity contribution in [1.82, 2.24) is 20.1 Å². The minimum Gasteiger partial charge on any atom is -0.496 e. The summed E-state index contributed by atoms with van der Waals surface area (Å²) < 4.78 is 7.09. The van der Waals surface area contributed by atoms with Crippen LogP contribution in [0.1, 0.15) is 28.4 Å².